The molecule has 0 aliphatic heterocycles. The molecule has 0 aliphatic rings. The van der Waals surface area contributed by atoms with Gasteiger partial charge in [-0.1, -0.05) is 30.3 Å². The molecule has 0 radical (unpaired) electrons. The summed E-state index contributed by atoms with van der Waals surface area (Å²) in [7, 11) is 0. The molecule has 0 aromatic heterocycles. The lowest BCUT2D eigenvalue weighted by Crippen LogP contribution is -2.39. The third-order valence-corrected chi connectivity index (χ3v) is 2.36. The van der Waals surface area contributed by atoms with Gasteiger partial charge in [-0.3, -0.25) is 0 Å². The molecule has 1 rings (SSSR count). The molecule has 2 heteroatoms. The van der Waals surface area contributed by atoms with Crippen molar-refractivity contribution in [3.05, 3.63) is 35.9 Å². The van der Waals surface area contributed by atoms with Gasteiger partial charge in [0.2, 0.25) is 0 Å². The number of ether oxygens (including phenoxy) is 1. The van der Waals surface area contributed by atoms with E-state index in [1.54, 1.807) is 0 Å². The second-order valence-corrected chi connectivity index (χ2v) is 4.99. The molecular weight excluding hydrogens is 198 g/mol. The molecule has 0 saturated heterocycles. The first-order valence-electron chi connectivity index (χ1n) is 5.94. The molecule has 0 saturated carbocycles. The monoisotopic (exact) mass is 221 g/mol. The molecule has 0 fully saturated rings. The number of nitrogens with one attached hydrogen (secondary N) is 1. The topological polar surface area (TPSA) is 21.3 Å². The van der Waals surface area contributed by atoms with Gasteiger partial charge >= 0.3 is 0 Å². The van der Waals surface area contributed by atoms with Crippen LogP contribution in [0.25, 0.3) is 0 Å². The van der Waals surface area contributed by atoms with E-state index in [-0.39, 0.29) is 11.6 Å². The van der Waals surface area contributed by atoms with Crippen molar-refractivity contribution in [1.82, 2.24) is 5.32 Å². The zero-order valence-corrected chi connectivity index (χ0v) is 10.8. The van der Waals surface area contributed by atoms with E-state index in [1.807, 2.05) is 13.0 Å². The van der Waals surface area contributed by atoms with Crippen LogP contribution in [-0.4, -0.2) is 18.7 Å². The van der Waals surface area contributed by atoms with Crippen molar-refractivity contribution in [2.45, 2.75) is 39.3 Å². The van der Waals surface area contributed by atoms with Gasteiger partial charge in [0.25, 0.3) is 0 Å². The van der Waals surface area contributed by atoms with Gasteiger partial charge in [-0.2, -0.15) is 0 Å². The van der Waals surface area contributed by atoms with Gasteiger partial charge in [-0.15, -0.1) is 0 Å². The Morgan fingerprint density at radius 3 is 2.31 bits per heavy atom. The van der Waals surface area contributed by atoms with Gasteiger partial charge < -0.3 is 10.1 Å². The molecule has 0 heterocycles. The average Bonchev–Trinajstić information content (AvgIpc) is 2.24. The van der Waals surface area contributed by atoms with E-state index in [9.17, 15) is 0 Å². The Kier molecular flexibility index (Phi) is 4.97. The highest BCUT2D eigenvalue weighted by Gasteiger charge is 2.15. The van der Waals surface area contributed by atoms with Crippen molar-refractivity contribution in [2.75, 3.05) is 13.2 Å². The Bertz CT molecular complexity index is 289. The molecule has 2 nitrogen and oxygen atoms in total. The maximum atomic E-state index is 5.76. The molecule has 1 N–H and O–H groups in total. The summed E-state index contributed by atoms with van der Waals surface area (Å²) in [4.78, 5) is 0. The Balaban J connectivity index is 2.61. The molecular formula is C14H23NO. The van der Waals surface area contributed by atoms with Gasteiger partial charge in [0.1, 0.15) is 0 Å². The van der Waals surface area contributed by atoms with Crippen molar-refractivity contribution >= 4 is 0 Å². The normalized spacial score (nSPS) is 13.8. The molecule has 0 aliphatic carbocycles. The van der Waals surface area contributed by atoms with Crippen LogP contribution in [0, 0.1) is 0 Å². The summed E-state index contributed by atoms with van der Waals surface area (Å²) in [5, 5.41) is 3.48. The highest BCUT2D eigenvalue weighted by molar-refractivity contribution is 5.18. The fourth-order valence-corrected chi connectivity index (χ4v) is 1.54. The molecule has 1 aromatic rings. The van der Waals surface area contributed by atoms with E-state index in [4.69, 9.17) is 4.74 Å². The van der Waals surface area contributed by atoms with Crippen LogP contribution in [0.1, 0.15) is 39.4 Å². The smallest absolute Gasteiger partial charge is 0.0949 e. The minimum atomic E-state index is 0.129. The summed E-state index contributed by atoms with van der Waals surface area (Å²) in [5.41, 5.74) is 1.37. The van der Waals surface area contributed by atoms with Crippen molar-refractivity contribution in [3.63, 3.8) is 0 Å². The molecule has 1 unspecified atom stereocenters. The Hall–Kier alpha value is -0.860. The highest BCUT2D eigenvalue weighted by Crippen LogP contribution is 2.17. The zero-order valence-electron chi connectivity index (χ0n) is 10.8. The van der Waals surface area contributed by atoms with Crippen LogP contribution in [0.4, 0.5) is 0 Å². The van der Waals surface area contributed by atoms with Crippen LogP contribution >= 0.6 is 0 Å². The van der Waals surface area contributed by atoms with Crippen LogP contribution < -0.4 is 5.32 Å². The van der Waals surface area contributed by atoms with Crippen molar-refractivity contribution in [3.8, 4) is 0 Å². The van der Waals surface area contributed by atoms with E-state index in [2.05, 4.69) is 50.4 Å². The summed E-state index contributed by atoms with van der Waals surface area (Å²) in [6.45, 7) is 10.1. The van der Waals surface area contributed by atoms with Gasteiger partial charge in [0, 0.05) is 18.7 Å². The number of hydrogen-bond donors (Lipinski definition) is 1. The predicted molar refractivity (Wildman–Crippen MR) is 68.6 cm³/mol. The first kappa shape index (κ1) is 13.2. The molecule has 90 valence electrons. The first-order chi connectivity index (χ1) is 7.53. The Labute approximate surface area is 99.0 Å². The summed E-state index contributed by atoms with van der Waals surface area (Å²) in [6, 6.07) is 10.4. The molecule has 16 heavy (non-hydrogen) atoms. The second kappa shape index (κ2) is 6.02. The standard InChI is InChI=1S/C14H23NO/c1-5-16-13(11-15-14(2,3)4)12-9-7-6-8-10-12/h6-10,13,15H,5,11H2,1-4H3. The fourth-order valence-electron chi connectivity index (χ4n) is 1.54. The van der Waals surface area contributed by atoms with Crippen molar-refractivity contribution < 1.29 is 4.74 Å². The first-order valence-corrected chi connectivity index (χ1v) is 5.94. The van der Waals surface area contributed by atoms with Crippen LogP contribution in [-0.2, 0) is 4.74 Å². The largest absolute Gasteiger partial charge is 0.372 e. The molecule has 0 bridgehead atoms. The second-order valence-electron chi connectivity index (χ2n) is 4.99. The van der Waals surface area contributed by atoms with E-state index < -0.39 is 0 Å². The quantitative estimate of drug-likeness (QED) is 0.824. The van der Waals surface area contributed by atoms with Crippen LogP contribution in [0.5, 0.6) is 0 Å². The third-order valence-electron chi connectivity index (χ3n) is 2.36. The summed E-state index contributed by atoms with van der Waals surface area (Å²) in [6.07, 6.45) is 0.144. The van der Waals surface area contributed by atoms with E-state index in [0.717, 1.165) is 13.2 Å². The third kappa shape index (κ3) is 4.77. The maximum Gasteiger partial charge on any atom is 0.0949 e. The number of benzene rings is 1. The van der Waals surface area contributed by atoms with Gasteiger partial charge in [-0.25, -0.2) is 0 Å². The minimum Gasteiger partial charge on any atom is -0.372 e. The molecule has 1 aromatic carbocycles. The van der Waals surface area contributed by atoms with Gasteiger partial charge in [-0.05, 0) is 33.3 Å². The summed E-state index contributed by atoms with van der Waals surface area (Å²) < 4.78 is 5.76. The van der Waals surface area contributed by atoms with Crippen LogP contribution in [0.2, 0.25) is 0 Å². The zero-order chi connectivity index (χ0) is 12.0. The lowest BCUT2D eigenvalue weighted by atomic mass is 10.1. The lowest BCUT2D eigenvalue weighted by molar-refractivity contribution is 0.0577. The van der Waals surface area contributed by atoms with E-state index in [0.29, 0.717) is 0 Å². The summed E-state index contributed by atoms with van der Waals surface area (Å²) in [5.74, 6) is 0. The van der Waals surface area contributed by atoms with Crippen LogP contribution in [0.3, 0.4) is 0 Å². The predicted octanol–water partition coefficient (Wildman–Crippen LogP) is 3.15. The minimum absolute atomic E-state index is 0.129. The Morgan fingerprint density at radius 1 is 1.19 bits per heavy atom. The lowest BCUT2D eigenvalue weighted by Gasteiger charge is -2.25. The van der Waals surface area contributed by atoms with Crippen molar-refractivity contribution in [2.24, 2.45) is 0 Å². The van der Waals surface area contributed by atoms with Gasteiger partial charge in [0.05, 0.1) is 6.10 Å². The maximum absolute atomic E-state index is 5.76. The average molecular weight is 221 g/mol. The molecule has 0 amide bonds. The highest BCUT2D eigenvalue weighted by atomic mass is 16.5. The van der Waals surface area contributed by atoms with E-state index >= 15 is 0 Å². The van der Waals surface area contributed by atoms with Crippen LogP contribution in [0.15, 0.2) is 30.3 Å². The molecule has 0 spiro atoms. The SMILES string of the molecule is CCOC(CNC(C)(C)C)c1ccccc1. The summed E-state index contributed by atoms with van der Waals surface area (Å²) >= 11 is 0. The fraction of sp³-hybridized carbons (Fsp3) is 0.571. The molecule has 1 atom stereocenters. The number of rotatable bonds is 5. The Morgan fingerprint density at radius 2 is 1.81 bits per heavy atom. The van der Waals surface area contributed by atoms with Crippen molar-refractivity contribution in [1.29, 1.82) is 0 Å². The number of hydrogen-bond acceptors (Lipinski definition) is 2. The van der Waals surface area contributed by atoms with Gasteiger partial charge in [0.15, 0.2) is 0 Å². The van der Waals surface area contributed by atoms with E-state index in [1.165, 1.54) is 5.56 Å².